The van der Waals surface area contributed by atoms with E-state index in [-0.39, 0.29) is 0 Å². The van der Waals surface area contributed by atoms with E-state index >= 15 is 0 Å². The van der Waals surface area contributed by atoms with Crippen LogP contribution in [0.25, 0.3) is 0 Å². The Labute approximate surface area is 136 Å². The standard InChI is InChI=1S/C17H19N5O/c1-13-4-3-6-19-16(13)22-10-8-21(9-11-22)15-5-7-20-17(23-2)14(15)12-18/h3-7H,8-11H2,1-2H3. The molecule has 0 aromatic carbocycles. The monoisotopic (exact) mass is 309 g/mol. The van der Waals surface area contributed by atoms with Crippen LogP contribution >= 0.6 is 0 Å². The third-order valence-corrected chi connectivity index (χ3v) is 4.10. The zero-order valence-electron chi connectivity index (χ0n) is 13.4. The number of rotatable bonds is 3. The first-order valence-electron chi connectivity index (χ1n) is 7.59. The van der Waals surface area contributed by atoms with Crippen molar-refractivity contribution in [2.45, 2.75) is 6.92 Å². The van der Waals surface area contributed by atoms with Crippen molar-refractivity contribution in [3.8, 4) is 11.9 Å². The molecule has 6 heteroatoms. The van der Waals surface area contributed by atoms with Crippen LogP contribution in [0.4, 0.5) is 11.5 Å². The van der Waals surface area contributed by atoms with E-state index < -0.39 is 0 Å². The summed E-state index contributed by atoms with van der Waals surface area (Å²) in [6.45, 7) is 5.48. The summed E-state index contributed by atoms with van der Waals surface area (Å²) in [6.07, 6.45) is 3.51. The third kappa shape index (κ3) is 2.90. The van der Waals surface area contributed by atoms with Gasteiger partial charge in [-0.3, -0.25) is 0 Å². The highest BCUT2D eigenvalue weighted by molar-refractivity contribution is 5.63. The smallest absolute Gasteiger partial charge is 0.233 e. The Bertz CT molecular complexity index is 732. The van der Waals surface area contributed by atoms with Crippen LogP contribution in [-0.4, -0.2) is 43.3 Å². The molecule has 3 rings (SSSR count). The van der Waals surface area contributed by atoms with Gasteiger partial charge in [-0.15, -0.1) is 0 Å². The maximum Gasteiger partial charge on any atom is 0.233 e. The zero-order chi connectivity index (χ0) is 16.2. The molecule has 0 N–H and O–H groups in total. The summed E-state index contributed by atoms with van der Waals surface area (Å²) in [5.74, 6) is 1.42. The van der Waals surface area contributed by atoms with Gasteiger partial charge in [0.2, 0.25) is 5.88 Å². The van der Waals surface area contributed by atoms with E-state index in [1.807, 2.05) is 18.3 Å². The Morgan fingerprint density at radius 1 is 1.09 bits per heavy atom. The molecule has 0 unspecified atom stereocenters. The summed E-state index contributed by atoms with van der Waals surface area (Å²) in [5, 5.41) is 9.41. The molecule has 118 valence electrons. The molecule has 1 fully saturated rings. The summed E-state index contributed by atoms with van der Waals surface area (Å²) in [7, 11) is 1.54. The first-order chi connectivity index (χ1) is 11.2. The lowest BCUT2D eigenvalue weighted by Gasteiger charge is -2.37. The van der Waals surface area contributed by atoms with Gasteiger partial charge in [0.05, 0.1) is 12.8 Å². The number of hydrogen-bond donors (Lipinski definition) is 0. The molecule has 3 heterocycles. The minimum absolute atomic E-state index is 0.382. The molecule has 0 amide bonds. The molecule has 1 aliphatic rings. The molecule has 1 aliphatic heterocycles. The van der Waals surface area contributed by atoms with Gasteiger partial charge in [-0.05, 0) is 24.6 Å². The van der Waals surface area contributed by atoms with Crippen molar-refractivity contribution < 1.29 is 4.74 Å². The molecule has 2 aromatic rings. The average Bonchev–Trinajstić information content (AvgIpc) is 2.61. The second kappa shape index (κ2) is 6.53. The number of methoxy groups -OCH3 is 1. The van der Waals surface area contributed by atoms with Gasteiger partial charge < -0.3 is 14.5 Å². The lowest BCUT2D eigenvalue weighted by atomic mass is 10.2. The lowest BCUT2D eigenvalue weighted by Crippen LogP contribution is -2.47. The highest BCUT2D eigenvalue weighted by Gasteiger charge is 2.22. The van der Waals surface area contributed by atoms with Crippen LogP contribution in [0.2, 0.25) is 0 Å². The van der Waals surface area contributed by atoms with E-state index in [4.69, 9.17) is 4.74 Å². The van der Waals surface area contributed by atoms with Crippen molar-refractivity contribution >= 4 is 11.5 Å². The summed E-state index contributed by atoms with van der Waals surface area (Å²) in [5.41, 5.74) is 2.57. The highest BCUT2D eigenvalue weighted by atomic mass is 16.5. The van der Waals surface area contributed by atoms with Crippen LogP contribution in [0.5, 0.6) is 5.88 Å². The zero-order valence-corrected chi connectivity index (χ0v) is 13.4. The molecule has 0 bridgehead atoms. The van der Waals surface area contributed by atoms with Gasteiger partial charge in [0.1, 0.15) is 17.5 Å². The van der Waals surface area contributed by atoms with Gasteiger partial charge in [-0.2, -0.15) is 5.26 Å². The number of anilines is 2. The Kier molecular flexibility index (Phi) is 4.29. The van der Waals surface area contributed by atoms with Crippen LogP contribution in [-0.2, 0) is 0 Å². The third-order valence-electron chi connectivity index (χ3n) is 4.10. The van der Waals surface area contributed by atoms with Crippen LogP contribution in [0.1, 0.15) is 11.1 Å². The van der Waals surface area contributed by atoms with Crippen molar-refractivity contribution in [2.24, 2.45) is 0 Å². The number of piperazine rings is 1. The van der Waals surface area contributed by atoms with E-state index in [1.54, 1.807) is 6.20 Å². The fourth-order valence-electron chi connectivity index (χ4n) is 2.92. The summed E-state index contributed by atoms with van der Waals surface area (Å²) >= 11 is 0. The van der Waals surface area contributed by atoms with Gasteiger partial charge in [-0.1, -0.05) is 6.07 Å². The van der Waals surface area contributed by atoms with Crippen molar-refractivity contribution in [1.29, 1.82) is 5.26 Å². The van der Waals surface area contributed by atoms with Crippen molar-refractivity contribution in [1.82, 2.24) is 9.97 Å². The molecule has 2 aromatic heterocycles. The number of aryl methyl sites for hydroxylation is 1. The molecule has 6 nitrogen and oxygen atoms in total. The molecule has 0 saturated carbocycles. The maximum absolute atomic E-state index is 9.41. The molecule has 1 saturated heterocycles. The van der Waals surface area contributed by atoms with Crippen LogP contribution in [0.15, 0.2) is 30.6 Å². The predicted molar refractivity (Wildman–Crippen MR) is 88.9 cm³/mol. The quantitative estimate of drug-likeness (QED) is 0.864. The number of aromatic nitrogens is 2. The van der Waals surface area contributed by atoms with Gasteiger partial charge in [-0.25, -0.2) is 9.97 Å². The molecule has 0 spiro atoms. The van der Waals surface area contributed by atoms with Gasteiger partial charge in [0.25, 0.3) is 0 Å². The van der Waals surface area contributed by atoms with E-state index in [2.05, 4.69) is 38.8 Å². The fraction of sp³-hybridized carbons (Fsp3) is 0.353. The summed E-state index contributed by atoms with van der Waals surface area (Å²) < 4.78 is 5.19. The van der Waals surface area contributed by atoms with Crippen molar-refractivity contribution in [3.63, 3.8) is 0 Å². The van der Waals surface area contributed by atoms with E-state index in [9.17, 15) is 5.26 Å². The minimum atomic E-state index is 0.382. The number of nitriles is 1. The van der Waals surface area contributed by atoms with Gasteiger partial charge >= 0.3 is 0 Å². The molecule has 23 heavy (non-hydrogen) atoms. The number of nitrogens with zero attached hydrogens (tertiary/aromatic N) is 5. The SMILES string of the molecule is COc1nccc(N2CCN(c3ncccc3C)CC2)c1C#N. The Hall–Kier alpha value is -2.81. The van der Waals surface area contributed by atoms with E-state index in [0.29, 0.717) is 11.4 Å². The molecule has 0 aliphatic carbocycles. The van der Waals surface area contributed by atoms with E-state index in [1.165, 1.54) is 12.7 Å². The van der Waals surface area contributed by atoms with Crippen molar-refractivity contribution in [3.05, 3.63) is 41.7 Å². The average molecular weight is 309 g/mol. The van der Waals surface area contributed by atoms with Crippen LogP contribution < -0.4 is 14.5 Å². The lowest BCUT2D eigenvalue weighted by molar-refractivity contribution is 0.396. The molecular weight excluding hydrogens is 290 g/mol. The van der Waals surface area contributed by atoms with Crippen LogP contribution in [0, 0.1) is 18.3 Å². The second-order valence-corrected chi connectivity index (χ2v) is 5.44. The maximum atomic E-state index is 9.41. The molecular formula is C17H19N5O. The number of hydrogen-bond acceptors (Lipinski definition) is 6. The highest BCUT2D eigenvalue weighted by Crippen LogP contribution is 2.28. The topological polar surface area (TPSA) is 65.3 Å². The Morgan fingerprint density at radius 2 is 1.83 bits per heavy atom. The van der Waals surface area contributed by atoms with Crippen molar-refractivity contribution in [2.75, 3.05) is 43.1 Å². The first kappa shape index (κ1) is 15.1. The predicted octanol–water partition coefficient (Wildman–Crippen LogP) is 1.99. The van der Waals surface area contributed by atoms with E-state index in [0.717, 1.165) is 37.7 Å². The summed E-state index contributed by atoms with van der Waals surface area (Å²) in [6, 6.07) is 8.12. The number of ether oxygens (including phenoxy) is 1. The van der Waals surface area contributed by atoms with Gasteiger partial charge in [0, 0.05) is 38.6 Å². The minimum Gasteiger partial charge on any atom is -0.480 e. The normalized spacial score (nSPS) is 14.5. The van der Waals surface area contributed by atoms with Crippen LogP contribution in [0.3, 0.4) is 0 Å². The Balaban J connectivity index is 1.78. The molecule has 0 radical (unpaired) electrons. The fourth-order valence-corrected chi connectivity index (χ4v) is 2.92. The first-order valence-corrected chi connectivity index (χ1v) is 7.59. The summed E-state index contributed by atoms with van der Waals surface area (Å²) in [4.78, 5) is 13.1. The molecule has 0 atom stereocenters. The second-order valence-electron chi connectivity index (χ2n) is 5.44. The Morgan fingerprint density at radius 3 is 2.48 bits per heavy atom. The number of pyridine rings is 2. The largest absolute Gasteiger partial charge is 0.480 e. The van der Waals surface area contributed by atoms with Gasteiger partial charge in [0.15, 0.2) is 0 Å².